The summed E-state index contributed by atoms with van der Waals surface area (Å²) in [5.74, 6) is 1.28. The first kappa shape index (κ1) is 18.8. The minimum Gasteiger partial charge on any atom is -0.495 e. The van der Waals surface area contributed by atoms with Crippen molar-refractivity contribution < 1.29 is 9.53 Å². The van der Waals surface area contributed by atoms with Gasteiger partial charge in [-0.2, -0.15) is 0 Å². The van der Waals surface area contributed by atoms with E-state index in [1.807, 2.05) is 30.3 Å². The Morgan fingerprint density at radius 1 is 1.29 bits per heavy atom. The van der Waals surface area contributed by atoms with Crippen LogP contribution in [-0.2, 0) is 4.79 Å². The highest BCUT2D eigenvalue weighted by Gasteiger charge is 2.34. The molecule has 0 saturated heterocycles. The molecule has 144 valence electrons. The van der Waals surface area contributed by atoms with Gasteiger partial charge in [0.25, 0.3) is 5.91 Å². The molecule has 1 amide bonds. The molecule has 2 aliphatic rings. The third kappa shape index (κ3) is 3.36. The zero-order chi connectivity index (χ0) is 19.7. The van der Waals surface area contributed by atoms with E-state index < -0.39 is 6.17 Å². The number of methoxy groups -OCH3 is 1. The lowest BCUT2D eigenvalue weighted by Crippen LogP contribution is -2.50. The van der Waals surface area contributed by atoms with Gasteiger partial charge in [0.05, 0.1) is 17.5 Å². The maximum Gasteiger partial charge on any atom is 0.276 e. The lowest BCUT2D eigenvalue weighted by atomic mass is 10.1. The first-order valence-electron chi connectivity index (χ1n) is 8.95. The maximum atomic E-state index is 12.9. The van der Waals surface area contributed by atoms with Crippen LogP contribution in [-0.4, -0.2) is 28.9 Å². The van der Waals surface area contributed by atoms with Gasteiger partial charge in [0.2, 0.25) is 0 Å². The fourth-order valence-electron chi connectivity index (χ4n) is 3.15. The highest BCUT2D eigenvalue weighted by atomic mass is 35.5. The lowest BCUT2D eigenvalue weighted by Gasteiger charge is -2.34. The normalized spacial score (nSPS) is 17.9. The molecule has 0 radical (unpaired) electrons. The molecule has 0 fully saturated rings. The number of nitrogens with one attached hydrogen (secondary N) is 1. The van der Waals surface area contributed by atoms with Crippen molar-refractivity contribution in [3.8, 4) is 5.75 Å². The van der Waals surface area contributed by atoms with Gasteiger partial charge in [-0.3, -0.25) is 15.1 Å². The number of amides is 1. The summed E-state index contributed by atoms with van der Waals surface area (Å²) in [7, 11) is 1.57. The van der Waals surface area contributed by atoms with Gasteiger partial charge in [0, 0.05) is 16.5 Å². The summed E-state index contributed by atoms with van der Waals surface area (Å²) < 4.78 is 5.25. The Morgan fingerprint density at radius 3 is 2.86 bits per heavy atom. The molecule has 8 heteroatoms. The van der Waals surface area contributed by atoms with Gasteiger partial charge in [0.15, 0.2) is 11.3 Å². The maximum absolute atomic E-state index is 12.9. The molecule has 0 bridgehead atoms. The second-order valence-corrected chi connectivity index (χ2v) is 7.81. The van der Waals surface area contributed by atoms with Crippen LogP contribution in [0, 0.1) is 0 Å². The topological polar surface area (TPSA) is 66.3 Å². The molecule has 1 N–H and O–H groups in total. The third-order valence-corrected chi connectivity index (χ3v) is 5.80. The van der Waals surface area contributed by atoms with Crippen molar-refractivity contribution in [1.29, 1.82) is 0 Å². The van der Waals surface area contributed by atoms with Crippen LogP contribution in [0.2, 0.25) is 5.02 Å². The van der Waals surface area contributed by atoms with Crippen molar-refractivity contribution in [2.75, 3.05) is 12.9 Å². The summed E-state index contributed by atoms with van der Waals surface area (Å²) in [6, 6.07) is 13.1. The Bertz CT molecular complexity index is 1090. The number of para-hydroxylation sites is 1. The summed E-state index contributed by atoms with van der Waals surface area (Å²) in [4.78, 5) is 17.8. The van der Waals surface area contributed by atoms with Gasteiger partial charge in [-0.05, 0) is 24.6 Å². The van der Waals surface area contributed by atoms with Gasteiger partial charge < -0.3 is 4.74 Å². The van der Waals surface area contributed by atoms with E-state index in [0.717, 1.165) is 28.3 Å². The number of hydrazone groups is 1. The molecule has 0 spiro atoms. The summed E-state index contributed by atoms with van der Waals surface area (Å²) >= 11 is 7.86. The minimum absolute atomic E-state index is 0.180. The molecular formula is C20H19ClN4O2S. The zero-order valence-electron chi connectivity index (χ0n) is 15.5. The molecule has 6 nitrogen and oxygen atoms in total. The number of rotatable bonds is 4. The zero-order valence-corrected chi connectivity index (χ0v) is 17.0. The number of carbonyl (C=O) groups is 1. The van der Waals surface area contributed by atoms with E-state index in [9.17, 15) is 4.79 Å². The van der Waals surface area contributed by atoms with E-state index in [0.29, 0.717) is 21.6 Å². The fraction of sp³-hybridized carbons (Fsp3) is 0.250. The van der Waals surface area contributed by atoms with Crippen LogP contribution in [0.5, 0.6) is 5.75 Å². The number of benzene rings is 2. The second kappa shape index (κ2) is 7.85. The van der Waals surface area contributed by atoms with Crippen LogP contribution in [0.4, 0.5) is 0 Å². The number of carbonyl (C=O) groups excluding carboxylic acids is 1. The van der Waals surface area contributed by atoms with Crippen LogP contribution < -0.4 is 20.6 Å². The predicted octanol–water partition coefficient (Wildman–Crippen LogP) is 2.63. The fourth-order valence-corrected chi connectivity index (χ4v) is 4.13. The quantitative estimate of drug-likeness (QED) is 0.835. The van der Waals surface area contributed by atoms with Crippen LogP contribution in [0.3, 0.4) is 0 Å². The highest BCUT2D eigenvalue weighted by molar-refractivity contribution is 8.13. The molecular weight excluding hydrogens is 396 g/mol. The second-order valence-electron chi connectivity index (χ2n) is 6.31. The number of thioether (sulfide) groups is 1. The third-order valence-electron chi connectivity index (χ3n) is 4.43. The molecule has 0 unspecified atom stereocenters. The largest absolute Gasteiger partial charge is 0.495 e. The smallest absolute Gasteiger partial charge is 0.276 e. The first-order valence-corrected chi connectivity index (χ1v) is 10.3. The molecule has 0 aliphatic carbocycles. The van der Waals surface area contributed by atoms with E-state index in [4.69, 9.17) is 26.4 Å². The van der Waals surface area contributed by atoms with E-state index in [1.54, 1.807) is 24.3 Å². The summed E-state index contributed by atoms with van der Waals surface area (Å²) in [5, 5.41) is 11.9. The van der Waals surface area contributed by atoms with Gasteiger partial charge in [-0.15, -0.1) is 5.10 Å². The van der Waals surface area contributed by atoms with Crippen molar-refractivity contribution in [3.63, 3.8) is 0 Å². The number of halogens is 1. The van der Waals surface area contributed by atoms with Crippen molar-refractivity contribution in [3.05, 3.63) is 63.6 Å². The average Bonchev–Trinajstić information content (AvgIpc) is 2.71. The van der Waals surface area contributed by atoms with Crippen LogP contribution >= 0.6 is 23.4 Å². The summed E-state index contributed by atoms with van der Waals surface area (Å²) in [5.41, 5.74) is 1.32. The van der Waals surface area contributed by atoms with Crippen molar-refractivity contribution >= 4 is 40.1 Å². The van der Waals surface area contributed by atoms with Crippen molar-refractivity contribution in [1.82, 2.24) is 10.3 Å². The number of nitrogens with zero attached hydrogens (tertiary/aromatic N) is 3. The SMILES string of the molecule is CCCSC1=NN2C(=c3ccccc3=N[C@@H]2c2ccc(OC)c(Cl)c2)C(=O)N1. The van der Waals surface area contributed by atoms with Gasteiger partial charge in [-0.25, -0.2) is 5.01 Å². The summed E-state index contributed by atoms with van der Waals surface area (Å²) in [6.45, 7) is 2.09. The Balaban J connectivity index is 1.88. The molecule has 1 atom stereocenters. The van der Waals surface area contributed by atoms with Gasteiger partial charge in [0.1, 0.15) is 11.4 Å². The van der Waals surface area contributed by atoms with Gasteiger partial charge >= 0.3 is 0 Å². The monoisotopic (exact) mass is 414 g/mol. The van der Waals surface area contributed by atoms with E-state index >= 15 is 0 Å². The molecule has 2 aromatic rings. The van der Waals surface area contributed by atoms with Crippen LogP contribution in [0.1, 0.15) is 25.1 Å². The first-order chi connectivity index (χ1) is 13.6. The van der Waals surface area contributed by atoms with Crippen molar-refractivity contribution in [2.24, 2.45) is 10.1 Å². The Hall–Kier alpha value is -2.51. The van der Waals surface area contributed by atoms with E-state index in [2.05, 4.69) is 12.2 Å². The van der Waals surface area contributed by atoms with E-state index in [1.165, 1.54) is 11.8 Å². The standard InChI is InChI=1S/C20H19ClN4O2S/c1-3-10-28-20-23-19(26)17-13-6-4-5-7-15(13)22-18(25(17)24-20)12-8-9-16(27-2)14(21)11-12/h4-9,11,18H,3,10H2,1-2H3,(H,23,24,26)/t18-/m0/s1. The number of hydrogen-bond acceptors (Lipinski definition) is 6. The summed E-state index contributed by atoms with van der Waals surface area (Å²) in [6.07, 6.45) is 0.498. The van der Waals surface area contributed by atoms with Gasteiger partial charge in [-0.1, -0.05) is 54.6 Å². The lowest BCUT2D eigenvalue weighted by molar-refractivity contribution is -0.116. The molecule has 28 heavy (non-hydrogen) atoms. The number of amidine groups is 1. The highest BCUT2D eigenvalue weighted by Crippen LogP contribution is 2.34. The Morgan fingerprint density at radius 2 is 2.11 bits per heavy atom. The molecule has 2 aromatic carbocycles. The predicted molar refractivity (Wildman–Crippen MR) is 112 cm³/mol. The molecule has 2 aliphatic heterocycles. The molecule has 2 heterocycles. The average molecular weight is 415 g/mol. The molecule has 4 rings (SSSR count). The van der Waals surface area contributed by atoms with Crippen molar-refractivity contribution in [2.45, 2.75) is 19.5 Å². The van der Waals surface area contributed by atoms with E-state index in [-0.39, 0.29) is 5.91 Å². The Labute approximate surface area is 171 Å². The minimum atomic E-state index is -0.489. The van der Waals surface area contributed by atoms with Crippen LogP contribution in [0.25, 0.3) is 5.70 Å². The Kier molecular flexibility index (Phi) is 5.28. The molecule has 0 saturated carbocycles. The molecule has 0 aromatic heterocycles. The number of ether oxygens (including phenoxy) is 1. The van der Waals surface area contributed by atoms with Crippen LogP contribution in [0.15, 0.2) is 52.6 Å². The number of fused-ring (bicyclic) bond motifs is 2. The number of hydrogen-bond donors (Lipinski definition) is 1.